The SMILES string of the molecule is CN(C)CCC(=O)NC1C(C)(C)C(N)C1(C)C. The van der Waals surface area contributed by atoms with Crippen molar-refractivity contribution in [1.82, 2.24) is 10.2 Å². The Morgan fingerprint density at radius 3 is 2.12 bits per heavy atom. The third kappa shape index (κ3) is 2.63. The molecule has 0 heterocycles. The van der Waals surface area contributed by atoms with E-state index in [0.717, 1.165) is 6.54 Å². The summed E-state index contributed by atoms with van der Waals surface area (Å²) in [5.41, 5.74) is 6.13. The zero-order valence-corrected chi connectivity index (χ0v) is 12.0. The second-order valence-corrected chi connectivity index (χ2v) is 6.67. The number of carbonyl (C=O) groups is 1. The molecule has 0 radical (unpaired) electrons. The monoisotopic (exact) mass is 241 g/mol. The topological polar surface area (TPSA) is 58.4 Å². The molecule has 0 aromatic heterocycles. The standard InChI is InChI=1S/C13H27N3O/c1-12(2)10(14)13(3,4)11(12)15-9(17)7-8-16(5)6/h10-11H,7-8,14H2,1-6H3,(H,15,17). The Bertz CT molecular complexity index is 281. The lowest BCUT2D eigenvalue weighted by Gasteiger charge is -2.62. The number of hydrogen-bond acceptors (Lipinski definition) is 3. The lowest BCUT2D eigenvalue weighted by molar-refractivity contribution is -0.132. The molecular formula is C13H27N3O. The van der Waals surface area contributed by atoms with Crippen LogP contribution in [0.3, 0.4) is 0 Å². The van der Waals surface area contributed by atoms with E-state index in [0.29, 0.717) is 6.42 Å². The zero-order chi connectivity index (χ0) is 13.4. The second-order valence-electron chi connectivity index (χ2n) is 6.67. The van der Waals surface area contributed by atoms with E-state index < -0.39 is 0 Å². The molecule has 4 heteroatoms. The summed E-state index contributed by atoms with van der Waals surface area (Å²) in [6.07, 6.45) is 0.547. The first-order valence-electron chi connectivity index (χ1n) is 6.30. The van der Waals surface area contributed by atoms with Gasteiger partial charge in [-0.25, -0.2) is 0 Å². The van der Waals surface area contributed by atoms with Gasteiger partial charge >= 0.3 is 0 Å². The largest absolute Gasteiger partial charge is 0.352 e. The first-order valence-corrected chi connectivity index (χ1v) is 6.30. The van der Waals surface area contributed by atoms with Gasteiger partial charge in [0.25, 0.3) is 0 Å². The van der Waals surface area contributed by atoms with Crippen LogP contribution in [-0.4, -0.2) is 43.5 Å². The molecule has 3 N–H and O–H groups in total. The number of amides is 1. The van der Waals surface area contributed by atoms with Gasteiger partial charge in [0.1, 0.15) is 0 Å². The third-order valence-corrected chi connectivity index (χ3v) is 4.18. The highest BCUT2D eigenvalue weighted by molar-refractivity contribution is 5.77. The van der Waals surface area contributed by atoms with Crippen LogP contribution in [0.1, 0.15) is 34.1 Å². The molecule has 0 saturated heterocycles. The quantitative estimate of drug-likeness (QED) is 0.766. The number of rotatable bonds is 4. The van der Waals surface area contributed by atoms with Gasteiger partial charge in [0, 0.05) is 35.9 Å². The maximum Gasteiger partial charge on any atom is 0.221 e. The van der Waals surface area contributed by atoms with Crippen LogP contribution in [0.5, 0.6) is 0 Å². The highest BCUT2D eigenvalue weighted by Gasteiger charge is 2.60. The van der Waals surface area contributed by atoms with Crippen molar-refractivity contribution in [2.75, 3.05) is 20.6 Å². The summed E-state index contributed by atoms with van der Waals surface area (Å²) in [4.78, 5) is 13.9. The van der Waals surface area contributed by atoms with Crippen molar-refractivity contribution >= 4 is 5.91 Å². The fourth-order valence-corrected chi connectivity index (χ4v) is 3.11. The number of carbonyl (C=O) groups excluding carboxylic acids is 1. The fraction of sp³-hybridized carbons (Fsp3) is 0.923. The molecule has 0 unspecified atom stereocenters. The van der Waals surface area contributed by atoms with Gasteiger partial charge < -0.3 is 16.0 Å². The predicted molar refractivity (Wildman–Crippen MR) is 70.6 cm³/mol. The first kappa shape index (κ1) is 14.5. The molecule has 17 heavy (non-hydrogen) atoms. The molecule has 1 amide bonds. The van der Waals surface area contributed by atoms with Crippen LogP contribution >= 0.6 is 0 Å². The zero-order valence-electron chi connectivity index (χ0n) is 12.0. The molecule has 1 fully saturated rings. The third-order valence-electron chi connectivity index (χ3n) is 4.18. The van der Waals surface area contributed by atoms with Crippen LogP contribution in [0.15, 0.2) is 0 Å². The molecule has 1 rings (SSSR count). The minimum absolute atomic E-state index is 0.0166. The van der Waals surface area contributed by atoms with E-state index >= 15 is 0 Å². The van der Waals surface area contributed by atoms with Crippen LogP contribution < -0.4 is 11.1 Å². The van der Waals surface area contributed by atoms with Crippen molar-refractivity contribution < 1.29 is 4.79 Å². The molecule has 1 saturated carbocycles. The van der Waals surface area contributed by atoms with Crippen LogP contribution in [0.25, 0.3) is 0 Å². The summed E-state index contributed by atoms with van der Waals surface area (Å²) in [7, 11) is 3.95. The summed E-state index contributed by atoms with van der Waals surface area (Å²) >= 11 is 0. The molecule has 1 aliphatic rings. The van der Waals surface area contributed by atoms with Crippen molar-refractivity contribution in [2.45, 2.75) is 46.2 Å². The highest BCUT2D eigenvalue weighted by Crippen LogP contribution is 2.52. The lowest BCUT2D eigenvalue weighted by Crippen LogP contribution is -2.76. The van der Waals surface area contributed by atoms with Crippen LogP contribution in [-0.2, 0) is 4.79 Å². The summed E-state index contributed by atoms with van der Waals surface area (Å²) in [5, 5.41) is 3.14. The summed E-state index contributed by atoms with van der Waals surface area (Å²) in [5.74, 6) is 0.122. The van der Waals surface area contributed by atoms with Gasteiger partial charge in [0.15, 0.2) is 0 Å². The van der Waals surface area contributed by atoms with E-state index in [9.17, 15) is 4.79 Å². The Kier molecular flexibility index (Phi) is 3.89. The van der Waals surface area contributed by atoms with Gasteiger partial charge in [-0.3, -0.25) is 4.79 Å². The van der Waals surface area contributed by atoms with Gasteiger partial charge in [0.05, 0.1) is 0 Å². The molecule has 0 bridgehead atoms. The predicted octanol–water partition coefficient (Wildman–Crippen LogP) is 0.816. The van der Waals surface area contributed by atoms with Crippen molar-refractivity contribution in [1.29, 1.82) is 0 Å². The number of hydrogen-bond donors (Lipinski definition) is 2. The molecule has 0 spiro atoms. The normalized spacial score (nSPS) is 29.9. The van der Waals surface area contributed by atoms with Crippen molar-refractivity contribution in [3.05, 3.63) is 0 Å². The first-order chi connectivity index (χ1) is 7.60. The Labute approximate surface area is 105 Å². The van der Waals surface area contributed by atoms with Crippen molar-refractivity contribution in [3.8, 4) is 0 Å². The molecular weight excluding hydrogens is 214 g/mol. The van der Waals surface area contributed by atoms with Crippen LogP contribution in [0.2, 0.25) is 0 Å². The van der Waals surface area contributed by atoms with Gasteiger partial charge in [-0.05, 0) is 14.1 Å². The molecule has 4 nitrogen and oxygen atoms in total. The van der Waals surface area contributed by atoms with E-state index in [1.807, 2.05) is 19.0 Å². The summed E-state index contributed by atoms with van der Waals surface area (Å²) < 4.78 is 0. The Hall–Kier alpha value is -0.610. The average Bonchev–Trinajstić information content (AvgIpc) is 2.21. The second kappa shape index (κ2) is 4.58. The average molecular weight is 241 g/mol. The van der Waals surface area contributed by atoms with E-state index in [2.05, 4.69) is 33.0 Å². The highest BCUT2D eigenvalue weighted by atomic mass is 16.1. The van der Waals surface area contributed by atoms with E-state index in [4.69, 9.17) is 5.73 Å². The molecule has 0 aromatic rings. The maximum atomic E-state index is 11.9. The Balaban J connectivity index is 2.54. The summed E-state index contributed by atoms with van der Waals surface area (Å²) in [6.45, 7) is 9.28. The Morgan fingerprint density at radius 1 is 1.24 bits per heavy atom. The minimum atomic E-state index is -0.0166. The fourth-order valence-electron chi connectivity index (χ4n) is 3.11. The lowest BCUT2D eigenvalue weighted by atomic mass is 9.48. The van der Waals surface area contributed by atoms with Crippen molar-refractivity contribution in [3.63, 3.8) is 0 Å². The van der Waals surface area contributed by atoms with Gasteiger partial charge in [0.2, 0.25) is 5.91 Å². The minimum Gasteiger partial charge on any atom is -0.352 e. The molecule has 1 aliphatic carbocycles. The van der Waals surface area contributed by atoms with Crippen LogP contribution in [0.4, 0.5) is 0 Å². The van der Waals surface area contributed by atoms with E-state index in [1.165, 1.54) is 0 Å². The number of nitrogens with two attached hydrogens (primary N) is 1. The Morgan fingerprint density at radius 2 is 1.71 bits per heavy atom. The van der Waals surface area contributed by atoms with E-state index in [-0.39, 0.29) is 28.8 Å². The van der Waals surface area contributed by atoms with Crippen LogP contribution in [0, 0.1) is 10.8 Å². The molecule has 100 valence electrons. The molecule has 0 aromatic carbocycles. The van der Waals surface area contributed by atoms with Gasteiger partial charge in [-0.1, -0.05) is 27.7 Å². The van der Waals surface area contributed by atoms with Gasteiger partial charge in [-0.15, -0.1) is 0 Å². The summed E-state index contributed by atoms with van der Waals surface area (Å²) in [6, 6.07) is 0.300. The maximum absolute atomic E-state index is 11.9. The van der Waals surface area contributed by atoms with Crippen molar-refractivity contribution in [2.24, 2.45) is 16.6 Å². The molecule has 0 atom stereocenters. The molecule has 0 aliphatic heterocycles. The number of nitrogens with one attached hydrogen (secondary N) is 1. The smallest absolute Gasteiger partial charge is 0.221 e. The number of nitrogens with zero attached hydrogens (tertiary/aromatic N) is 1. The van der Waals surface area contributed by atoms with E-state index in [1.54, 1.807) is 0 Å². The van der Waals surface area contributed by atoms with Gasteiger partial charge in [-0.2, -0.15) is 0 Å².